The van der Waals surface area contributed by atoms with E-state index in [0.717, 1.165) is 5.56 Å². The van der Waals surface area contributed by atoms with Crippen molar-refractivity contribution in [3.63, 3.8) is 0 Å². The maximum Gasteiger partial charge on any atom is 0.337 e. The molecule has 0 aliphatic heterocycles. The molecule has 0 unspecified atom stereocenters. The van der Waals surface area contributed by atoms with Gasteiger partial charge in [0.2, 0.25) is 0 Å². The fraction of sp³-hybridized carbons (Fsp3) is 0.0625. The average Bonchev–Trinajstić information content (AvgIpc) is 2.47. The van der Waals surface area contributed by atoms with Gasteiger partial charge in [-0.1, -0.05) is 36.9 Å². The van der Waals surface area contributed by atoms with E-state index >= 15 is 0 Å². The van der Waals surface area contributed by atoms with E-state index in [4.69, 9.17) is 0 Å². The van der Waals surface area contributed by atoms with E-state index < -0.39 is 5.97 Å². The van der Waals surface area contributed by atoms with Crippen LogP contribution < -0.4 is 0 Å². The van der Waals surface area contributed by atoms with Gasteiger partial charge in [0, 0.05) is 5.56 Å². The van der Waals surface area contributed by atoms with Crippen LogP contribution in [-0.2, 0) is 4.74 Å². The zero-order valence-electron chi connectivity index (χ0n) is 10.6. The highest BCUT2D eigenvalue weighted by Gasteiger charge is 2.12. The third-order valence-corrected chi connectivity index (χ3v) is 2.87. The summed E-state index contributed by atoms with van der Waals surface area (Å²) >= 11 is 0. The molecule has 2 rings (SSSR count). The summed E-state index contributed by atoms with van der Waals surface area (Å²) in [5.74, 6) is -0.358. The van der Waals surface area contributed by atoms with Crippen LogP contribution in [-0.4, -0.2) is 18.2 Å². The van der Waals surface area contributed by atoms with Gasteiger partial charge >= 0.3 is 5.97 Å². The summed E-state index contributed by atoms with van der Waals surface area (Å²) in [7, 11) is 1.32. The topological polar surface area (TPSA) is 46.5 Å². The molecule has 0 bridgehead atoms. The smallest absolute Gasteiger partial charge is 0.337 e. The molecule has 0 saturated heterocycles. The standard InChI is InChI=1S/C16H14O3/c1-11(12-6-4-3-5-7-12)14-10-13(16(18)19-2)8-9-15(14)17/h3-10,17H,1H2,2H3. The van der Waals surface area contributed by atoms with E-state index in [-0.39, 0.29) is 5.75 Å². The number of ether oxygens (including phenoxy) is 1. The maximum atomic E-state index is 11.5. The second-order valence-corrected chi connectivity index (χ2v) is 4.07. The molecule has 0 aliphatic rings. The number of phenols is 1. The van der Waals surface area contributed by atoms with E-state index in [1.165, 1.54) is 19.2 Å². The SMILES string of the molecule is C=C(c1ccccc1)c1cc(C(=O)OC)ccc1O. The predicted octanol–water partition coefficient (Wildman–Crippen LogP) is 3.24. The van der Waals surface area contributed by atoms with Crippen LogP contribution in [0.3, 0.4) is 0 Å². The Balaban J connectivity index is 2.44. The Morgan fingerprint density at radius 1 is 1.11 bits per heavy atom. The van der Waals surface area contributed by atoms with E-state index in [1.807, 2.05) is 30.3 Å². The Morgan fingerprint density at radius 2 is 1.79 bits per heavy atom. The molecule has 0 heterocycles. The predicted molar refractivity (Wildman–Crippen MR) is 74.0 cm³/mol. The van der Waals surface area contributed by atoms with E-state index in [2.05, 4.69) is 11.3 Å². The van der Waals surface area contributed by atoms with Gasteiger partial charge in [-0.25, -0.2) is 4.79 Å². The zero-order chi connectivity index (χ0) is 13.8. The van der Waals surface area contributed by atoms with Crippen molar-refractivity contribution >= 4 is 11.5 Å². The highest BCUT2D eigenvalue weighted by atomic mass is 16.5. The van der Waals surface area contributed by atoms with Crippen LogP contribution in [0.1, 0.15) is 21.5 Å². The molecule has 0 atom stereocenters. The first-order valence-corrected chi connectivity index (χ1v) is 5.79. The molecule has 3 nitrogen and oxygen atoms in total. The minimum atomic E-state index is -0.442. The summed E-state index contributed by atoms with van der Waals surface area (Å²) in [6.07, 6.45) is 0. The minimum Gasteiger partial charge on any atom is -0.507 e. The van der Waals surface area contributed by atoms with Gasteiger partial charge in [-0.05, 0) is 29.3 Å². The lowest BCUT2D eigenvalue weighted by Crippen LogP contribution is -2.01. The van der Waals surface area contributed by atoms with Gasteiger partial charge in [-0.3, -0.25) is 0 Å². The van der Waals surface area contributed by atoms with Crippen LogP contribution in [0, 0.1) is 0 Å². The highest BCUT2D eigenvalue weighted by Crippen LogP contribution is 2.29. The monoisotopic (exact) mass is 254 g/mol. The van der Waals surface area contributed by atoms with E-state index in [9.17, 15) is 9.90 Å². The van der Waals surface area contributed by atoms with Crippen LogP contribution in [0.25, 0.3) is 5.57 Å². The first-order chi connectivity index (χ1) is 9.13. The lowest BCUT2D eigenvalue weighted by molar-refractivity contribution is 0.0600. The molecule has 0 aromatic heterocycles. The van der Waals surface area contributed by atoms with Crippen LogP contribution in [0.15, 0.2) is 55.1 Å². The van der Waals surface area contributed by atoms with Gasteiger partial charge in [0.05, 0.1) is 12.7 Å². The quantitative estimate of drug-likeness (QED) is 0.855. The van der Waals surface area contributed by atoms with Gasteiger partial charge < -0.3 is 9.84 Å². The van der Waals surface area contributed by atoms with Gasteiger partial charge in [0.25, 0.3) is 0 Å². The lowest BCUT2D eigenvalue weighted by Gasteiger charge is -2.10. The Hall–Kier alpha value is -2.55. The molecule has 0 amide bonds. The molecule has 2 aromatic rings. The molecule has 0 radical (unpaired) electrons. The number of rotatable bonds is 3. The number of aromatic hydroxyl groups is 1. The molecule has 0 spiro atoms. The molecule has 3 heteroatoms. The second kappa shape index (κ2) is 5.40. The molecule has 2 aromatic carbocycles. The van der Waals surface area contributed by atoms with Gasteiger partial charge in [-0.15, -0.1) is 0 Å². The number of phenolic OH excluding ortho intramolecular Hbond substituents is 1. The van der Waals surface area contributed by atoms with E-state index in [0.29, 0.717) is 16.7 Å². The van der Waals surface area contributed by atoms with Crippen molar-refractivity contribution in [2.45, 2.75) is 0 Å². The Bertz CT molecular complexity index is 615. The minimum absolute atomic E-state index is 0.0847. The Labute approximate surface area is 111 Å². The maximum absolute atomic E-state index is 11.5. The number of hydrogen-bond acceptors (Lipinski definition) is 3. The number of esters is 1. The first kappa shape index (κ1) is 12.9. The van der Waals surface area contributed by atoms with Crippen molar-refractivity contribution in [1.29, 1.82) is 0 Å². The molecule has 0 saturated carbocycles. The number of carbonyl (C=O) groups is 1. The van der Waals surface area contributed by atoms with Crippen LogP contribution in [0.5, 0.6) is 5.75 Å². The van der Waals surface area contributed by atoms with Crippen LogP contribution in [0.2, 0.25) is 0 Å². The van der Waals surface area contributed by atoms with Crippen molar-refractivity contribution < 1.29 is 14.6 Å². The number of hydrogen-bond donors (Lipinski definition) is 1. The number of benzene rings is 2. The summed E-state index contributed by atoms with van der Waals surface area (Å²) in [5.41, 5.74) is 2.45. The molecule has 0 fully saturated rings. The first-order valence-electron chi connectivity index (χ1n) is 5.79. The van der Waals surface area contributed by atoms with Gasteiger partial charge in [-0.2, -0.15) is 0 Å². The summed E-state index contributed by atoms with van der Waals surface area (Å²) in [5, 5.41) is 9.91. The Morgan fingerprint density at radius 3 is 2.42 bits per heavy atom. The highest BCUT2D eigenvalue weighted by molar-refractivity contribution is 5.92. The summed E-state index contributed by atoms with van der Waals surface area (Å²) in [6.45, 7) is 3.97. The van der Waals surface area contributed by atoms with Gasteiger partial charge in [0.15, 0.2) is 0 Å². The zero-order valence-corrected chi connectivity index (χ0v) is 10.6. The molecular formula is C16H14O3. The largest absolute Gasteiger partial charge is 0.507 e. The van der Waals surface area contributed by atoms with Crippen molar-refractivity contribution in [3.8, 4) is 5.75 Å². The summed E-state index contributed by atoms with van der Waals surface area (Å²) in [4.78, 5) is 11.5. The number of methoxy groups -OCH3 is 1. The van der Waals surface area contributed by atoms with Crippen molar-refractivity contribution in [1.82, 2.24) is 0 Å². The van der Waals surface area contributed by atoms with Crippen LogP contribution in [0.4, 0.5) is 0 Å². The summed E-state index contributed by atoms with van der Waals surface area (Å²) < 4.78 is 4.67. The molecular weight excluding hydrogens is 240 g/mol. The molecule has 19 heavy (non-hydrogen) atoms. The van der Waals surface area contributed by atoms with E-state index in [1.54, 1.807) is 6.07 Å². The average molecular weight is 254 g/mol. The van der Waals surface area contributed by atoms with Crippen molar-refractivity contribution in [3.05, 3.63) is 71.8 Å². The third kappa shape index (κ3) is 2.65. The third-order valence-electron chi connectivity index (χ3n) is 2.87. The molecule has 0 aliphatic carbocycles. The molecule has 1 N–H and O–H groups in total. The van der Waals surface area contributed by atoms with Gasteiger partial charge in [0.1, 0.15) is 5.75 Å². The van der Waals surface area contributed by atoms with Crippen molar-refractivity contribution in [2.75, 3.05) is 7.11 Å². The second-order valence-electron chi connectivity index (χ2n) is 4.07. The summed E-state index contributed by atoms with van der Waals surface area (Å²) in [6, 6.07) is 14.0. The van der Waals surface area contributed by atoms with Crippen molar-refractivity contribution in [2.24, 2.45) is 0 Å². The fourth-order valence-corrected chi connectivity index (χ4v) is 1.82. The number of carbonyl (C=O) groups excluding carboxylic acids is 1. The Kier molecular flexibility index (Phi) is 3.66. The van der Waals surface area contributed by atoms with Crippen LogP contribution >= 0.6 is 0 Å². The normalized spacial score (nSPS) is 9.95. The fourth-order valence-electron chi connectivity index (χ4n) is 1.82. The lowest BCUT2D eigenvalue weighted by atomic mass is 9.97. The molecule has 96 valence electrons.